The van der Waals surface area contributed by atoms with Gasteiger partial charge in [0.05, 0.1) is 30.5 Å². The van der Waals surface area contributed by atoms with Crippen LogP contribution in [0.1, 0.15) is 91.7 Å². The zero-order valence-electron chi connectivity index (χ0n) is 27.9. The summed E-state index contributed by atoms with van der Waals surface area (Å²) in [6.45, 7) is 8.72. The summed E-state index contributed by atoms with van der Waals surface area (Å²) in [4.78, 5) is 70.9. The lowest BCUT2D eigenvalue weighted by atomic mass is 9.82. The Morgan fingerprint density at radius 2 is 1.87 bits per heavy atom. The van der Waals surface area contributed by atoms with E-state index in [1.54, 1.807) is 27.0 Å². The maximum absolute atomic E-state index is 13.8. The van der Waals surface area contributed by atoms with Gasteiger partial charge in [0.1, 0.15) is 11.5 Å². The number of carbonyl (C=O) groups is 5. The van der Waals surface area contributed by atoms with Crippen LogP contribution in [0, 0.1) is 38.5 Å². The van der Waals surface area contributed by atoms with E-state index < -0.39 is 42.3 Å². The summed E-state index contributed by atoms with van der Waals surface area (Å²) >= 11 is 0. The first-order valence-electron chi connectivity index (χ1n) is 16.3. The minimum Gasteiger partial charge on any atom is -0.496 e. The number of fused-ring (bicyclic) bond motifs is 1. The summed E-state index contributed by atoms with van der Waals surface area (Å²) in [5, 5.41) is 6.15. The lowest BCUT2D eigenvalue weighted by molar-refractivity contribution is -0.134. The highest BCUT2D eigenvalue weighted by Gasteiger charge is 2.35. The number of Topliss-reactive ketones (excluding diaryl/α,β-unsaturated/α-hetero) is 3. The van der Waals surface area contributed by atoms with Crippen LogP contribution in [0.4, 0.5) is 5.69 Å². The van der Waals surface area contributed by atoms with Crippen LogP contribution in [0.2, 0.25) is 0 Å². The lowest BCUT2D eigenvalue weighted by Gasteiger charge is -2.27. The first kappa shape index (κ1) is 34.8. The molecule has 2 aromatic rings. The van der Waals surface area contributed by atoms with Crippen LogP contribution in [0.25, 0.3) is 0 Å². The van der Waals surface area contributed by atoms with Gasteiger partial charge < -0.3 is 20.1 Å². The number of rotatable bonds is 14. The number of hydrogen-bond acceptors (Lipinski definition) is 9. The quantitative estimate of drug-likeness (QED) is 0.274. The fourth-order valence-corrected chi connectivity index (χ4v) is 6.77. The molecule has 1 unspecified atom stereocenters. The third kappa shape index (κ3) is 8.59. The Hall–Kier alpha value is -4.08. The Bertz CT molecular complexity index is 1460. The van der Waals surface area contributed by atoms with Gasteiger partial charge in [-0.1, -0.05) is 26.3 Å². The molecule has 1 aromatic carbocycles. The zero-order valence-corrected chi connectivity index (χ0v) is 27.9. The Kier molecular flexibility index (Phi) is 11.7. The maximum atomic E-state index is 13.8. The average Bonchev–Trinajstić information content (AvgIpc) is 3.44. The SMILES string of the molecule is COc1cccc2c1CC(C(=O)C[C@@H](CC(C)C)C(=O)N[C@@H](C[C@@H]1CCCCC1=O)C(=O)COC(=O)c1c(C)cc(C)nc1C)N2. The molecule has 4 atom stereocenters. The molecule has 10 nitrogen and oxygen atoms in total. The molecule has 1 aromatic heterocycles. The van der Waals surface area contributed by atoms with Crippen molar-refractivity contribution in [2.24, 2.45) is 17.8 Å². The predicted molar refractivity (Wildman–Crippen MR) is 174 cm³/mol. The topological polar surface area (TPSA) is 141 Å². The normalized spacial score (nSPS) is 18.7. The number of pyridine rings is 1. The summed E-state index contributed by atoms with van der Waals surface area (Å²) in [5.41, 5.74) is 4.04. The molecule has 0 spiro atoms. The van der Waals surface area contributed by atoms with E-state index in [9.17, 15) is 24.0 Å². The molecular weight excluding hydrogens is 586 g/mol. The standard InChI is InChI=1S/C36H47N3O7/c1-20(2)14-25(17-31(41)29-18-26-27(38-29)11-9-13-33(26)45-6)35(43)39-28(16-24-10-7-8-12-30(24)40)32(42)19-46-36(44)34-21(3)15-22(4)37-23(34)5/h9,11,13,15,20,24-25,28-29,38H,7-8,10,12,14,16-19H2,1-6H3,(H,39,43)/t24-,25+,28-,29?/m0/s1. The minimum atomic E-state index is -1.03. The number of ketones is 3. The van der Waals surface area contributed by atoms with Gasteiger partial charge in [-0.2, -0.15) is 0 Å². The number of carbonyl (C=O) groups excluding carboxylic acids is 5. The molecule has 1 aliphatic carbocycles. The van der Waals surface area contributed by atoms with Crippen LogP contribution >= 0.6 is 0 Å². The van der Waals surface area contributed by atoms with Crippen molar-refractivity contribution in [1.29, 1.82) is 0 Å². The molecule has 1 saturated carbocycles. The second-order valence-corrected chi connectivity index (χ2v) is 13.2. The van der Waals surface area contributed by atoms with Gasteiger partial charge in [0.2, 0.25) is 5.91 Å². The van der Waals surface area contributed by atoms with Crippen LogP contribution in [-0.4, -0.2) is 60.0 Å². The summed E-state index contributed by atoms with van der Waals surface area (Å²) < 4.78 is 10.9. The van der Waals surface area contributed by atoms with Crippen LogP contribution in [-0.2, 0) is 30.3 Å². The highest BCUT2D eigenvalue weighted by atomic mass is 16.5. The zero-order chi connectivity index (χ0) is 33.5. The van der Waals surface area contributed by atoms with Crippen molar-refractivity contribution in [3.63, 3.8) is 0 Å². The van der Waals surface area contributed by atoms with E-state index in [0.717, 1.165) is 29.8 Å². The van der Waals surface area contributed by atoms with Crippen molar-refractivity contribution >= 4 is 34.9 Å². The number of esters is 1. The van der Waals surface area contributed by atoms with Gasteiger partial charge >= 0.3 is 5.97 Å². The van der Waals surface area contributed by atoms with Crippen molar-refractivity contribution in [1.82, 2.24) is 10.3 Å². The minimum absolute atomic E-state index is 0.00474. The van der Waals surface area contributed by atoms with E-state index in [-0.39, 0.29) is 36.2 Å². The van der Waals surface area contributed by atoms with Crippen molar-refractivity contribution in [2.45, 2.75) is 98.1 Å². The number of amides is 1. The Morgan fingerprint density at radius 1 is 1.11 bits per heavy atom. The number of aromatic nitrogens is 1. The van der Waals surface area contributed by atoms with Gasteiger partial charge in [-0.25, -0.2) is 4.79 Å². The van der Waals surface area contributed by atoms with Gasteiger partial charge in [0.15, 0.2) is 18.2 Å². The summed E-state index contributed by atoms with van der Waals surface area (Å²) in [5.74, 6) is -1.84. The van der Waals surface area contributed by atoms with Gasteiger partial charge in [-0.3, -0.25) is 24.2 Å². The fraction of sp³-hybridized carbons (Fsp3) is 0.556. The number of nitrogens with zero attached hydrogens (tertiary/aromatic N) is 1. The second kappa shape index (κ2) is 15.5. The molecule has 0 bridgehead atoms. The predicted octanol–water partition coefficient (Wildman–Crippen LogP) is 5.03. The monoisotopic (exact) mass is 633 g/mol. The first-order chi connectivity index (χ1) is 21.9. The molecule has 46 heavy (non-hydrogen) atoms. The molecule has 2 N–H and O–H groups in total. The number of hydrogen-bond donors (Lipinski definition) is 2. The van der Waals surface area contributed by atoms with Gasteiger partial charge in [-0.05, 0) is 76.1 Å². The van der Waals surface area contributed by atoms with Crippen molar-refractivity contribution in [3.8, 4) is 5.75 Å². The first-order valence-corrected chi connectivity index (χ1v) is 16.3. The number of anilines is 1. The summed E-state index contributed by atoms with van der Waals surface area (Å²) in [7, 11) is 1.59. The Balaban J connectivity index is 1.47. The molecule has 2 aliphatic rings. The van der Waals surface area contributed by atoms with Crippen molar-refractivity contribution in [3.05, 3.63) is 52.3 Å². The van der Waals surface area contributed by atoms with E-state index in [0.29, 0.717) is 48.3 Å². The Labute approximate surface area is 271 Å². The molecule has 0 saturated heterocycles. The lowest BCUT2D eigenvalue weighted by Crippen LogP contribution is -2.48. The van der Waals surface area contributed by atoms with Crippen LogP contribution < -0.4 is 15.4 Å². The smallest absolute Gasteiger partial charge is 0.340 e. The van der Waals surface area contributed by atoms with Crippen LogP contribution in [0.15, 0.2) is 24.3 Å². The molecule has 1 aliphatic heterocycles. The molecule has 10 heteroatoms. The van der Waals surface area contributed by atoms with Crippen molar-refractivity contribution in [2.75, 3.05) is 19.0 Å². The fourth-order valence-electron chi connectivity index (χ4n) is 6.77. The molecule has 248 valence electrons. The number of ether oxygens (including phenoxy) is 2. The molecule has 2 heterocycles. The molecule has 1 fully saturated rings. The number of methoxy groups -OCH3 is 1. The third-order valence-electron chi connectivity index (χ3n) is 9.04. The van der Waals surface area contributed by atoms with Crippen LogP contribution in [0.5, 0.6) is 5.75 Å². The van der Waals surface area contributed by atoms with E-state index in [1.165, 1.54) is 0 Å². The number of benzene rings is 1. The number of aryl methyl sites for hydroxylation is 3. The molecule has 4 rings (SSSR count). The number of nitrogens with one attached hydrogen (secondary N) is 2. The largest absolute Gasteiger partial charge is 0.496 e. The van der Waals surface area contributed by atoms with Gasteiger partial charge in [0, 0.05) is 48.0 Å². The molecular formula is C36H47N3O7. The summed E-state index contributed by atoms with van der Waals surface area (Å²) in [6.07, 6.45) is 3.78. The molecule has 1 amide bonds. The van der Waals surface area contributed by atoms with Crippen LogP contribution in [0.3, 0.4) is 0 Å². The van der Waals surface area contributed by atoms with E-state index in [4.69, 9.17) is 9.47 Å². The average molecular weight is 634 g/mol. The highest BCUT2D eigenvalue weighted by molar-refractivity contribution is 5.97. The van der Waals surface area contributed by atoms with Gasteiger partial charge in [-0.15, -0.1) is 0 Å². The maximum Gasteiger partial charge on any atom is 0.340 e. The third-order valence-corrected chi connectivity index (χ3v) is 9.04. The highest BCUT2D eigenvalue weighted by Crippen LogP contribution is 2.34. The second-order valence-electron chi connectivity index (χ2n) is 13.2. The molecule has 0 radical (unpaired) electrons. The summed E-state index contributed by atoms with van der Waals surface area (Å²) in [6, 6.07) is 5.86. The van der Waals surface area contributed by atoms with Crippen molar-refractivity contribution < 1.29 is 33.4 Å². The van der Waals surface area contributed by atoms with Gasteiger partial charge in [0.25, 0.3) is 0 Å². The van der Waals surface area contributed by atoms with E-state index in [2.05, 4.69) is 15.6 Å². The van der Waals surface area contributed by atoms with E-state index in [1.807, 2.05) is 39.0 Å². The van der Waals surface area contributed by atoms with E-state index >= 15 is 0 Å². The Morgan fingerprint density at radius 3 is 2.54 bits per heavy atom.